The zero-order valence-electron chi connectivity index (χ0n) is 16.9. The number of hydrogen-bond acceptors (Lipinski definition) is 4. The molecule has 5 heteroatoms. The molecule has 0 aliphatic carbocycles. The normalized spacial score (nSPS) is 32.2. The molecule has 5 heterocycles. The number of hydrogen-bond donors (Lipinski definition) is 2. The van der Waals surface area contributed by atoms with Crippen LogP contribution in [0, 0.1) is 11.8 Å². The van der Waals surface area contributed by atoms with Crippen LogP contribution in [0.15, 0.2) is 49.2 Å². The van der Waals surface area contributed by atoms with E-state index in [-0.39, 0.29) is 18.0 Å². The third-order valence-corrected chi connectivity index (χ3v) is 7.23. The van der Waals surface area contributed by atoms with Crippen LogP contribution in [0.2, 0.25) is 0 Å². The summed E-state index contributed by atoms with van der Waals surface area (Å²) in [6.45, 7) is 7.15. The van der Waals surface area contributed by atoms with E-state index in [0.29, 0.717) is 17.9 Å². The highest BCUT2D eigenvalue weighted by molar-refractivity contribution is 5.85. The van der Waals surface area contributed by atoms with E-state index in [1.807, 2.05) is 12.3 Å². The monoisotopic (exact) mass is 390 g/mol. The molecule has 1 aromatic carbocycles. The number of aromatic nitrogens is 1. The van der Waals surface area contributed by atoms with Gasteiger partial charge in [0.05, 0.1) is 17.6 Å². The lowest BCUT2D eigenvalue weighted by Gasteiger charge is -2.51. The molecule has 29 heavy (non-hydrogen) atoms. The van der Waals surface area contributed by atoms with Gasteiger partial charge in [0, 0.05) is 24.2 Å². The topological polar surface area (TPSA) is 57.3 Å². The Kier molecular flexibility index (Phi) is 5.10. The Bertz CT molecular complexity index is 901. The SMILES string of the molecule is C=CC1CN2CCC1C[C@@H]2[C@H](NC(=O)[C@@H]1CCCN1)c1ccnc2ccccc12. The summed E-state index contributed by atoms with van der Waals surface area (Å²) in [5.41, 5.74) is 2.18. The molecule has 6 rings (SSSR count). The van der Waals surface area contributed by atoms with Gasteiger partial charge in [-0.25, -0.2) is 0 Å². The van der Waals surface area contributed by atoms with Gasteiger partial charge < -0.3 is 10.6 Å². The van der Waals surface area contributed by atoms with E-state index in [2.05, 4.69) is 57.4 Å². The van der Waals surface area contributed by atoms with Crippen LogP contribution < -0.4 is 10.6 Å². The molecular weight excluding hydrogens is 360 g/mol. The smallest absolute Gasteiger partial charge is 0.237 e. The standard InChI is InChI=1S/C24H30N4O/c1-2-16-15-28-13-10-17(16)14-22(28)23(27-24(29)21-8-5-11-25-21)19-9-12-26-20-7-4-3-6-18(19)20/h2-4,6-7,9,12,16-17,21-23,25H,1,5,8,10-11,13-15H2,(H,27,29)/t16?,17?,21-,22+,23+/m0/s1. The molecule has 4 fully saturated rings. The number of nitrogens with zero attached hydrogens (tertiary/aromatic N) is 2. The number of nitrogens with one attached hydrogen (secondary N) is 2. The van der Waals surface area contributed by atoms with E-state index in [1.165, 1.54) is 12.0 Å². The van der Waals surface area contributed by atoms with E-state index in [9.17, 15) is 4.79 Å². The summed E-state index contributed by atoms with van der Waals surface area (Å²) >= 11 is 0. The molecular formula is C24H30N4O. The second-order valence-electron chi connectivity index (χ2n) is 8.80. The summed E-state index contributed by atoms with van der Waals surface area (Å²) in [6, 6.07) is 10.6. The van der Waals surface area contributed by atoms with E-state index in [4.69, 9.17) is 0 Å². The Labute approximate surface area is 172 Å². The highest BCUT2D eigenvalue weighted by Crippen LogP contribution is 2.42. The first-order chi connectivity index (χ1) is 14.2. The van der Waals surface area contributed by atoms with Crippen molar-refractivity contribution >= 4 is 16.8 Å². The molecule has 4 aliphatic heterocycles. The maximum atomic E-state index is 13.1. The lowest BCUT2D eigenvalue weighted by atomic mass is 9.73. The number of carbonyl (C=O) groups excluding carboxylic acids is 1. The fourth-order valence-electron chi connectivity index (χ4n) is 5.66. The lowest BCUT2D eigenvalue weighted by molar-refractivity contribution is -0.124. The molecule has 2 N–H and O–H groups in total. The van der Waals surface area contributed by atoms with Gasteiger partial charge >= 0.3 is 0 Å². The molecule has 2 aromatic rings. The average Bonchev–Trinajstić information content (AvgIpc) is 3.32. The number of para-hydroxylation sites is 1. The number of piperidine rings is 3. The highest BCUT2D eigenvalue weighted by atomic mass is 16.2. The van der Waals surface area contributed by atoms with Crippen molar-refractivity contribution in [2.24, 2.45) is 11.8 Å². The molecule has 0 saturated carbocycles. The van der Waals surface area contributed by atoms with E-state index in [1.54, 1.807) is 0 Å². The minimum Gasteiger partial charge on any atom is -0.346 e. The predicted octanol–water partition coefficient (Wildman–Crippen LogP) is 3.04. The van der Waals surface area contributed by atoms with E-state index in [0.717, 1.165) is 49.8 Å². The molecule has 1 amide bonds. The van der Waals surface area contributed by atoms with Gasteiger partial charge in [0.2, 0.25) is 5.91 Å². The van der Waals surface area contributed by atoms with Crippen LogP contribution >= 0.6 is 0 Å². The Morgan fingerprint density at radius 3 is 2.97 bits per heavy atom. The predicted molar refractivity (Wildman–Crippen MR) is 115 cm³/mol. The maximum absolute atomic E-state index is 13.1. The van der Waals surface area contributed by atoms with Crippen molar-refractivity contribution in [3.8, 4) is 0 Å². The number of benzene rings is 1. The Morgan fingerprint density at radius 1 is 1.31 bits per heavy atom. The molecule has 5 nitrogen and oxygen atoms in total. The molecule has 6 atom stereocenters. The van der Waals surface area contributed by atoms with E-state index < -0.39 is 0 Å². The third kappa shape index (κ3) is 3.47. The van der Waals surface area contributed by atoms with Gasteiger partial charge in [0.25, 0.3) is 0 Å². The summed E-state index contributed by atoms with van der Waals surface area (Å²) in [5, 5.41) is 7.95. The average molecular weight is 391 g/mol. The maximum Gasteiger partial charge on any atom is 0.237 e. The number of rotatable bonds is 5. The van der Waals surface area contributed by atoms with Crippen LogP contribution in [0.4, 0.5) is 0 Å². The molecule has 3 unspecified atom stereocenters. The Hall–Kier alpha value is -2.24. The zero-order chi connectivity index (χ0) is 19.8. The van der Waals surface area contributed by atoms with Crippen LogP contribution in [0.3, 0.4) is 0 Å². The third-order valence-electron chi connectivity index (χ3n) is 7.23. The van der Waals surface area contributed by atoms with Gasteiger partial charge in [0.15, 0.2) is 0 Å². The summed E-state index contributed by atoms with van der Waals surface area (Å²) < 4.78 is 0. The van der Waals surface area contributed by atoms with Crippen molar-refractivity contribution in [3.63, 3.8) is 0 Å². The minimum atomic E-state index is -0.0673. The lowest BCUT2D eigenvalue weighted by Crippen LogP contribution is -2.58. The number of pyridine rings is 1. The van der Waals surface area contributed by atoms with Crippen LogP contribution in [0.5, 0.6) is 0 Å². The quantitative estimate of drug-likeness (QED) is 0.771. The molecule has 4 aliphatic rings. The second-order valence-corrected chi connectivity index (χ2v) is 8.80. The molecule has 2 bridgehead atoms. The van der Waals surface area contributed by atoms with Crippen molar-refractivity contribution in [1.29, 1.82) is 0 Å². The fourth-order valence-corrected chi connectivity index (χ4v) is 5.66. The first-order valence-corrected chi connectivity index (χ1v) is 11.0. The van der Waals surface area contributed by atoms with Crippen molar-refractivity contribution in [2.45, 2.75) is 43.8 Å². The van der Waals surface area contributed by atoms with Crippen molar-refractivity contribution in [1.82, 2.24) is 20.5 Å². The van der Waals surface area contributed by atoms with E-state index >= 15 is 0 Å². The van der Waals surface area contributed by atoms with Crippen LogP contribution in [-0.4, -0.2) is 47.5 Å². The van der Waals surface area contributed by atoms with Gasteiger partial charge in [-0.15, -0.1) is 6.58 Å². The first-order valence-electron chi connectivity index (χ1n) is 11.0. The molecule has 0 spiro atoms. The molecule has 0 radical (unpaired) electrons. The number of fused-ring (bicyclic) bond motifs is 4. The summed E-state index contributed by atoms with van der Waals surface area (Å²) in [5.74, 6) is 1.37. The molecule has 4 saturated heterocycles. The summed E-state index contributed by atoms with van der Waals surface area (Å²) in [7, 11) is 0. The van der Waals surface area contributed by atoms with Gasteiger partial charge in [0.1, 0.15) is 0 Å². The van der Waals surface area contributed by atoms with Crippen molar-refractivity contribution in [2.75, 3.05) is 19.6 Å². The first kappa shape index (κ1) is 18.8. The highest BCUT2D eigenvalue weighted by Gasteiger charge is 2.43. The largest absolute Gasteiger partial charge is 0.346 e. The number of carbonyl (C=O) groups is 1. The minimum absolute atomic E-state index is 0.0219. The Balaban J connectivity index is 1.51. The summed E-state index contributed by atoms with van der Waals surface area (Å²) in [6.07, 6.45) is 8.34. The van der Waals surface area contributed by atoms with Crippen molar-refractivity contribution < 1.29 is 4.79 Å². The van der Waals surface area contributed by atoms with Crippen LogP contribution in [-0.2, 0) is 4.79 Å². The van der Waals surface area contributed by atoms with Crippen molar-refractivity contribution in [3.05, 3.63) is 54.7 Å². The second kappa shape index (κ2) is 7.88. The van der Waals surface area contributed by atoms with Gasteiger partial charge in [-0.2, -0.15) is 0 Å². The molecule has 1 aromatic heterocycles. The summed E-state index contributed by atoms with van der Waals surface area (Å²) in [4.78, 5) is 20.2. The Morgan fingerprint density at radius 2 is 2.21 bits per heavy atom. The van der Waals surface area contributed by atoms with Gasteiger partial charge in [-0.05, 0) is 68.3 Å². The van der Waals surface area contributed by atoms with Crippen LogP contribution in [0.25, 0.3) is 10.9 Å². The fraction of sp³-hybridized carbons (Fsp3) is 0.500. The number of amides is 1. The van der Waals surface area contributed by atoms with Crippen LogP contribution in [0.1, 0.15) is 37.3 Å². The molecule has 152 valence electrons. The van der Waals surface area contributed by atoms with Gasteiger partial charge in [-0.1, -0.05) is 24.3 Å². The zero-order valence-corrected chi connectivity index (χ0v) is 16.9. The van der Waals surface area contributed by atoms with Gasteiger partial charge in [-0.3, -0.25) is 14.7 Å².